The average molecular weight is 467 g/mol. The van der Waals surface area contributed by atoms with Gasteiger partial charge in [0, 0.05) is 18.4 Å². The fourth-order valence-electron chi connectivity index (χ4n) is 5.13. The van der Waals surface area contributed by atoms with Gasteiger partial charge >= 0.3 is 12.1 Å². The third kappa shape index (κ3) is 5.07. The molecule has 2 amide bonds. The molecule has 3 atom stereocenters. The molecule has 4 rings (SSSR count). The summed E-state index contributed by atoms with van der Waals surface area (Å²) in [5.41, 5.74) is 4.59. The number of hydrogen-bond donors (Lipinski definition) is 4. The van der Waals surface area contributed by atoms with Gasteiger partial charge in [0.2, 0.25) is 5.91 Å². The summed E-state index contributed by atoms with van der Waals surface area (Å²) >= 11 is 0. The van der Waals surface area contributed by atoms with Crippen molar-refractivity contribution in [2.75, 3.05) is 19.8 Å². The lowest BCUT2D eigenvalue weighted by atomic mass is 9.78. The van der Waals surface area contributed by atoms with E-state index in [0.29, 0.717) is 6.42 Å². The second-order valence-electron chi connectivity index (χ2n) is 8.94. The van der Waals surface area contributed by atoms with Crippen molar-refractivity contribution in [3.63, 3.8) is 0 Å². The minimum atomic E-state index is -1.33. The Balaban J connectivity index is 1.33. The average Bonchev–Trinajstić information content (AvgIpc) is 3.18. The van der Waals surface area contributed by atoms with Crippen LogP contribution < -0.4 is 10.6 Å². The third-order valence-corrected chi connectivity index (χ3v) is 6.90. The first-order valence-corrected chi connectivity index (χ1v) is 11.7. The molecule has 0 saturated heterocycles. The number of benzene rings is 2. The first-order valence-electron chi connectivity index (χ1n) is 11.7. The highest BCUT2D eigenvalue weighted by Crippen LogP contribution is 2.44. The fourth-order valence-corrected chi connectivity index (χ4v) is 5.13. The van der Waals surface area contributed by atoms with Crippen molar-refractivity contribution in [2.45, 2.75) is 37.6 Å². The number of carboxylic acids is 1. The van der Waals surface area contributed by atoms with E-state index in [1.165, 1.54) is 0 Å². The molecule has 2 aliphatic rings. The van der Waals surface area contributed by atoms with Crippen LogP contribution in [0.5, 0.6) is 0 Å². The maximum absolute atomic E-state index is 12.6. The van der Waals surface area contributed by atoms with Crippen LogP contribution in [0.4, 0.5) is 4.79 Å². The van der Waals surface area contributed by atoms with Gasteiger partial charge in [0.25, 0.3) is 0 Å². The Morgan fingerprint density at radius 3 is 2.21 bits per heavy atom. The van der Waals surface area contributed by atoms with Crippen LogP contribution in [0.2, 0.25) is 0 Å². The molecule has 34 heavy (non-hydrogen) atoms. The molecular weight excluding hydrogens is 436 g/mol. The van der Waals surface area contributed by atoms with Gasteiger partial charge in [-0.3, -0.25) is 4.79 Å². The third-order valence-electron chi connectivity index (χ3n) is 6.90. The molecule has 1 fully saturated rings. The predicted octanol–water partition coefficient (Wildman–Crippen LogP) is 2.89. The molecule has 0 aliphatic heterocycles. The number of alkyl carbamates (subject to hydrolysis) is 1. The topological polar surface area (TPSA) is 125 Å². The molecule has 4 N–H and O–H groups in total. The van der Waals surface area contributed by atoms with Crippen molar-refractivity contribution in [1.29, 1.82) is 0 Å². The first-order chi connectivity index (χ1) is 16.5. The van der Waals surface area contributed by atoms with Crippen LogP contribution in [-0.2, 0) is 14.3 Å². The Morgan fingerprint density at radius 1 is 0.971 bits per heavy atom. The molecule has 2 aromatic rings. The number of aliphatic hydroxyl groups is 1. The summed E-state index contributed by atoms with van der Waals surface area (Å²) in [6.07, 6.45) is 2.61. The SMILES string of the molecule is O=C(NC[C@H]1CCCC[C@H]1C(=O)N[C@@H](CO)C(=O)O)OCC1c2ccccc2-c2ccccc21. The predicted molar refractivity (Wildman–Crippen MR) is 125 cm³/mol. The molecule has 0 aromatic heterocycles. The smallest absolute Gasteiger partial charge is 0.407 e. The minimum Gasteiger partial charge on any atom is -0.480 e. The number of carboxylic acid groups (broad SMARTS) is 1. The van der Waals surface area contributed by atoms with E-state index in [0.717, 1.165) is 41.5 Å². The van der Waals surface area contributed by atoms with Crippen LogP contribution in [-0.4, -0.2) is 54.0 Å². The molecule has 2 aliphatic carbocycles. The van der Waals surface area contributed by atoms with Crippen LogP contribution in [0.25, 0.3) is 11.1 Å². The fraction of sp³-hybridized carbons (Fsp3) is 0.423. The quantitative estimate of drug-likeness (QED) is 0.474. The van der Waals surface area contributed by atoms with Crippen molar-refractivity contribution in [3.05, 3.63) is 59.7 Å². The van der Waals surface area contributed by atoms with Gasteiger partial charge in [-0.05, 0) is 41.0 Å². The summed E-state index contributed by atoms with van der Waals surface area (Å²) in [5, 5.41) is 23.5. The highest BCUT2D eigenvalue weighted by atomic mass is 16.5. The van der Waals surface area contributed by atoms with Crippen molar-refractivity contribution >= 4 is 18.0 Å². The van der Waals surface area contributed by atoms with Crippen LogP contribution in [0.15, 0.2) is 48.5 Å². The monoisotopic (exact) mass is 466 g/mol. The van der Waals surface area contributed by atoms with E-state index in [-0.39, 0.29) is 25.0 Å². The molecule has 0 spiro atoms. The molecule has 180 valence electrons. The van der Waals surface area contributed by atoms with E-state index in [1.54, 1.807) is 0 Å². The second-order valence-corrected chi connectivity index (χ2v) is 8.94. The van der Waals surface area contributed by atoms with Gasteiger partial charge in [0.1, 0.15) is 12.6 Å². The Kier molecular flexibility index (Phi) is 7.47. The van der Waals surface area contributed by atoms with Crippen molar-refractivity contribution in [3.8, 4) is 11.1 Å². The largest absolute Gasteiger partial charge is 0.480 e. The van der Waals surface area contributed by atoms with Gasteiger partial charge < -0.3 is 25.6 Å². The number of carbonyl (C=O) groups excluding carboxylic acids is 2. The molecule has 0 radical (unpaired) electrons. The van der Waals surface area contributed by atoms with Crippen LogP contribution >= 0.6 is 0 Å². The molecule has 0 heterocycles. The van der Waals surface area contributed by atoms with Gasteiger partial charge in [0.15, 0.2) is 0 Å². The number of hydrogen-bond acceptors (Lipinski definition) is 5. The van der Waals surface area contributed by atoms with Gasteiger partial charge in [-0.1, -0.05) is 61.4 Å². The lowest BCUT2D eigenvalue weighted by Gasteiger charge is -2.31. The number of carbonyl (C=O) groups is 3. The number of amides is 2. The van der Waals surface area contributed by atoms with E-state index in [9.17, 15) is 19.5 Å². The molecule has 0 unspecified atom stereocenters. The Hall–Kier alpha value is -3.39. The number of ether oxygens (including phenoxy) is 1. The number of aliphatic hydroxyl groups excluding tert-OH is 1. The zero-order valence-corrected chi connectivity index (χ0v) is 18.9. The molecule has 2 aromatic carbocycles. The van der Waals surface area contributed by atoms with Gasteiger partial charge in [0.05, 0.1) is 6.61 Å². The van der Waals surface area contributed by atoms with Crippen molar-refractivity contribution in [1.82, 2.24) is 10.6 Å². The zero-order chi connectivity index (χ0) is 24.1. The highest BCUT2D eigenvalue weighted by Gasteiger charge is 2.34. The van der Waals surface area contributed by atoms with Crippen molar-refractivity contribution in [2.24, 2.45) is 11.8 Å². The molecule has 8 nitrogen and oxygen atoms in total. The Morgan fingerprint density at radius 2 is 1.59 bits per heavy atom. The minimum absolute atomic E-state index is 0.0298. The molecule has 0 bridgehead atoms. The zero-order valence-electron chi connectivity index (χ0n) is 18.9. The van der Waals surface area contributed by atoms with E-state index >= 15 is 0 Å². The number of nitrogens with one attached hydrogen (secondary N) is 2. The summed E-state index contributed by atoms with van der Waals surface area (Å²) in [4.78, 5) is 36.3. The number of rotatable bonds is 8. The van der Waals surface area contributed by atoms with E-state index in [4.69, 9.17) is 9.84 Å². The van der Waals surface area contributed by atoms with E-state index in [2.05, 4.69) is 34.9 Å². The lowest BCUT2D eigenvalue weighted by molar-refractivity contribution is -0.144. The second kappa shape index (κ2) is 10.7. The normalized spacial score (nSPS) is 20.0. The van der Waals surface area contributed by atoms with E-state index < -0.39 is 36.5 Å². The summed E-state index contributed by atoms with van der Waals surface area (Å²) in [7, 11) is 0. The van der Waals surface area contributed by atoms with E-state index in [1.807, 2.05) is 24.3 Å². The standard InChI is InChI=1S/C26H30N2O6/c29-14-23(25(31)32)28-24(30)17-8-2-1-7-16(17)13-27-26(33)34-15-22-20-11-5-3-9-18(20)19-10-4-6-12-21(19)22/h3-6,9-12,16-17,22-23,29H,1-2,7-8,13-15H2,(H,27,33)(H,28,30)(H,31,32)/t16-,17-,23+/m1/s1. The highest BCUT2D eigenvalue weighted by molar-refractivity contribution is 5.85. The van der Waals surface area contributed by atoms with Crippen LogP contribution in [0.3, 0.4) is 0 Å². The molecule has 8 heteroatoms. The maximum atomic E-state index is 12.6. The molecule has 1 saturated carbocycles. The summed E-state index contributed by atoms with van der Waals surface area (Å²) < 4.78 is 5.58. The Bertz CT molecular complexity index is 1010. The summed E-state index contributed by atoms with van der Waals surface area (Å²) in [6.45, 7) is -0.187. The Labute approximate surface area is 198 Å². The maximum Gasteiger partial charge on any atom is 0.407 e. The molecular formula is C26H30N2O6. The van der Waals surface area contributed by atoms with Crippen LogP contribution in [0, 0.1) is 11.8 Å². The van der Waals surface area contributed by atoms with Crippen molar-refractivity contribution < 1.29 is 29.3 Å². The number of aliphatic carboxylic acids is 1. The summed E-state index contributed by atoms with van der Waals surface area (Å²) in [6, 6.07) is 14.9. The van der Waals surface area contributed by atoms with Gasteiger partial charge in [-0.2, -0.15) is 0 Å². The van der Waals surface area contributed by atoms with Crippen LogP contribution in [0.1, 0.15) is 42.7 Å². The first kappa shape index (κ1) is 23.8. The number of fused-ring (bicyclic) bond motifs is 3. The van der Waals surface area contributed by atoms with Gasteiger partial charge in [-0.15, -0.1) is 0 Å². The van der Waals surface area contributed by atoms with Gasteiger partial charge in [-0.25, -0.2) is 9.59 Å². The lowest BCUT2D eigenvalue weighted by Crippen LogP contribution is -2.49. The summed E-state index contributed by atoms with van der Waals surface area (Å²) in [5.74, 6) is -2.25.